The summed E-state index contributed by atoms with van der Waals surface area (Å²) in [5.41, 5.74) is 0.0803. The predicted molar refractivity (Wildman–Crippen MR) is 114 cm³/mol. The Bertz CT molecular complexity index is 923. The van der Waals surface area contributed by atoms with E-state index in [0.717, 1.165) is 49.5 Å². The van der Waals surface area contributed by atoms with Crippen LogP contribution < -0.4 is 5.32 Å². The highest BCUT2D eigenvalue weighted by Crippen LogP contribution is 2.40. The molecule has 4 heterocycles. The molecule has 1 spiro atoms. The van der Waals surface area contributed by atoms with Crippen molar-refractivity contribution in [2.75, 3.05) is 33.4 Å². The van der Waals surface area contributed by atoms with Crippen LogP contribution in [0, 0.1) is 5.41 Å². The Morgan fingerprint density at radius 1 is 1.30 bits per heavy atom. The third-order valence-corrected chi connectivity index (χ3v) is 6.89. The Morgan fingerprint density at radius 3 is 2.97 bits per heavy atom. The number of aryl methyl sites for hydroxylation is 1. The van der Waals surface area contributed by atoms with Crippen LogP contribution in [0.2, 0.25) is 0 Å². The van der Waals surface area contributed by atoms with Crippen LogP contribution in [0.25, 0.3) is 6.08 Å². The molecular formula is C21H27N5O3S. The van der Waals surface area contributed by atoms with Gasteiger partial charge in [-0.1, -0.05) is 6.07 Å². The van der Waals surface area contributed by atoms with Gasteiger partial charge in [-0.25, -0.2) is 0 Å². The van der Waals surface area contributed by atoms with Crippen molar-refractivity contribution in [1.29, 1.82) is 0 Å². The molecule has 160 valence electrons. The number of ether oxygens (including phenoxy) is 1. The first-order chi connectivity index (χ1) is 14.6. The van der Waals surface area contributed by atoms with Gasteiger partial charge in [0.25, 0.3) is 5.91 Å². The lowest BCUT2D eigenvalue weighted by atomic mass is 9.80. The van der Waals surface area contributed by atoms with Crippen molar-refractivity contribution in [2.24, 2.45) is 5.41 Å². The number of amides is 2. The topological polar surface area (TPSA) is 89.3 Å². The number of aromatic nitrogens is 3. The Labute approximate surface area is 179 Å². The minimum absolute atomic E-state index is 0.0714. The monoisotopic (exact) mass is 429 g/mol. The molecule has 30 heavy (non-hydrogen) atoms. The smallest absolute Gasteiger partial charge is 0.289 e. The summed E-state index contributed by atoms with van der Waals surface area (Å²) in [6, 6.07) is 3.99. The largest absolute Gasteiger partial charge is 0.383 e. The van der Waals surface area contributed by atoms with Gasteiger partial charge in [0.2, 0.25) is 11.7 Å². The van der Waals surface area contributed by atoms with E-state index in [1.807, 2.05) is 33.1 Å². The van der Waals surface area contributed by atoms with E-state index >= 15 is 0 Å². The normalized spacial score (nSPS) is 21.2. The van der Waals surface area contributed by atoms with E-state index < -0.39 is 0 Å². The van der Waals surface area contributed by atoms with Crippen LogP contribution in [-0.4, -0.2) is 64.8 Å². The number of methoxy groups -OCH3 is 1. The van der Waals surface area contributed by atoms with Crippen molar-refractivity contribution in [3.8, 4) is 0 Å². The molecule has 2 aliphatic heterocycles. The number of carbonyl (C=O) groups excluding carboxylic acids is 2. The number of hydrogen-bond donors (Lipinski definition) is 1. The molecule has 1 saturated heterocycles. The molecular weight excluding hydrogens is 402 g/mol. The number of hydrogen-bond acceptors (Lipinski definition) is 6. The van der Waals surface area contributed by atoms with Crippen molar-refractivity contribution >= 4 is 29.2 Å². The number of nitrogens with zero attached hydrogens (tertiary/aromatic N) is 4. The summed E-state index contributed by atoms with van der Waals surface area (Å²) in [7, 11) is 1.60. The first kappa shape index (κ1) is 20.7. The zero-order valence-corrected chi connectivity index (χ0v) is 18.0. The number of rotatable bonds is 6. The maximum Gasteiger partial charge on any atom is 0.289 e. The molecule has 0 bridgehead atoms. The van der Waals surface area contributed by atoms with Crippen LogP contribution in [0.15, 0.2) is 23.6 Å². The summed E-state index contributed by atoms with van der Waals surface area (Å²) in [6.07, 6.45) is 7.19. The molecule has 1 fully saturated rings. The summed E-state index contributed by atoms with van der Waals surface area (Å²) >= 11 is 1.62. The summed E-state index contributed by atoms with van der Waals surface area (Å²) in [6.45, 7) is 3.13. The maximum absolute atomic E-state index is 12.6. The van der Waals surface area contributed by atoms with E-state index in [4.69, 9.17) is 4.74 Å². The van der Waals surface area contributed by atoms with E-state index in [9.17, 15) is 9.59 Å². The van der Waals surface area contributed by atoms with Crippen molar-refractivity contribution in [3.05, 3.63) is 40.1 Å². The highest BCUT2D eigenvalue weighted by atomic mass is 32.1. The number of fused-ring (bicyclic) bond motifs is 1. The highest BCUT2D eigenvalue weighted by Gasteiger charge is 2.41. The Kier molecular flexibility index (Phi) is 6.29. The zero-order chi connectivity index (χ0) is 21.0. The minimum Gasteiger partial charge on any atom is -0.383 e. The van der Waals surface area contributed by atoms with Crippen LogP contribution >= 0.6 is 11.3 Å². The van der Waals surface area contributed by atoms with Crippen LogP contribution in [0.4, 0.5) is 0 Å². The SMILES string of the molecule is COCCNC(=O)c1nnc2n1CCC1(CC2)CCN(C(=O)/C=C/c2cccs2)C1. The molecule has 4 rings (SSSR count). The van der Waals surface area contributed by atoms with Crippen molar-refractivity contribution < 1.29 is 14.3 Å². The van der Waals surface area contributed by atoms with Crippen molar-refractivity contribution in [3.63, 3.8) is 0 Å². The van der Waals surface area contributed by atoms with Gasteiger partial charge in [-0.2, -0.15) is 0 Å². The molecule has 9 heteroatoms. The molecule has 2 amide bonds. The fraction of sp³-hybridized carbons (Fsp3) is 0.524. The number of nitrogens with one attached hydrogen (secondary N) is 1. The van der Waals surface area contributed by atoms with E-state index in [2.05, 4.69) is 15.5 Å². The lowest BCUT2D eigenvalue weighted by Crippen LogP contribution is -2.32. The Hall–Kier alpha value is -2.52. The minimum atomic E-state index is -0.219. The molecule has 0 radical (unpaired) electrons. The van der Waals surface area contributed by atoms with Crippen molar-refractivity contribution in [2.45, 2.75) is 32.2 Å². The molecule has 1 unspecified atom stereocenters. The summed E-state index contributed by atoms with van der Waals surface area (Å²) in [5.74, 6) is 1.07. The van der Waals surface area contributed by atoms with E-state index in [-0.39, 0.29) is 17.2 Å². The molecule has 2 aliphatic rings. The second-order valence-electron chi connectivity index (χ2n) is 7.95. The van der Waals surface area contributed by atoms with Gasteiger partial charge in [-0.05, 0) is 42.2 Å². The van der Waals surface area contributed by atoms with Gasteiger partial charge in [-0.15, -0.1) is 21.5 Å². The fourth-order valence-corrected chi connectivity index (χ4v) is 4.91. The number of likely N-dealkylation sites (tertiary alicyclic amines) is 1. The molecule has 0 aromatic carbocycles. The van der Waals surface area contributed by atoms with Crippen LogP contribution in [0.1, 0.15) is 40.6 Å². The molecule has 8 nitrogen and oxygen atoms in total. The molecule has 1 N–H and O–H groups in total. The Balaban J connectivity index is 1.38. The number of thiophene rings is 1. The third-order valence-electron chi connectivity index (χ3n) is 6.05. The lowest BCUT2D eigenvalue weighted by molar-refractivity contribution is -0.125. The molecule has 1 atom stereocenters. The Morgan fingerprint density at radius 2 is 2.17 bits per heavy atom. The quantitative estimate of drug-likeness (QED) is 0.560. The molecule has 2 aromatic heterocycles. The second kappa shape index (κ2) is 9.09. The highest BCUT2D eigenvalue weighted by molar-refractivity contribution is 7.10. The average Bonchev–Trinajstić information content (AvgIpc) is 3.47. The third kappa shape index (κ3) is 4.46. The van der Waals surface area contributed by atoms with Gasteiger partial charge < -0.3 is 19.5 Å². The molecule has 0 aliphatic carbocycles. The summed E-state index contributed by atoms with van der Waals surface area (Å²) in [4.78, 5) is 28.1. The van der Waals surface area contributed by atoms with Gasteiger partial charge in [-0.3, -0.25) is 9.59 Å². The summed E-state index contributed by atoms with van der Waals surface area (Å²) in [5, 5.41) is 13.2. The van der Waals surface area contributed by atoms with Gasteiger partial charge in [0.05, 0.1) is 6.61 Å². The van der Waals surface area contributed by atoms with E-state index in [1.54, 1.807) is 24.5 Å². The van der Waals surface area contributed by atoms with Gasteiger partial charge >= 0.3 is 0 Å². The fourth-order valence-electron chi connectivity index (χ4n) is 4.30. The maximum atomic E-state index is 12.6. The predicted octanol–water partition coefficient (Wildman–Crippen LogP) is 1.98. The summed E-state index contributed by atoms with van der Waals surface area (Å²) < 4.78 is 6.92. The van der Waals surface area contributed by atoms with Gasteiger partial charge in [0.15, 0.2) is 0 Å². The van der Waals surface area contributed by atoms with Gasteiger partial charge in [0.1, 0.15) is 5.82 Å². The van der Waals surface area contributed by atoms with Crippen molar-refractivity contribution in [1.82, 2.24) is 25.0 Å². The zero-order valence-electron chi connectivity index (χ0n) is 17.2. The standard InChI is InChI=1S/C21H27N5O3S/c1-29-13-10-22-20(28)19-24-23-17-6-7-21(9-12-26(17)19)8-11-25(15-21)18(27)5-4-16-3-2-14-30-16/h2-5,14H,6-13,15H2,1H3,(H,22,28)/b5-4+. The van der Waals surface area contributed by atoms with E-state index in [0.29, 0.717) is 25.5 Å². The van der Waals surface area contributed by atoms with Crippen LogP contribution in [0.3, 0.4) is 0 Å². The first-order valence-electron chi connectivity index (χ1n) is 10.3. The average molecular weight is 430 g/mol. The first-order valence-corrected chi connectivity index (χ1v) is 11.2. The molecule has 0 saturated carbocycles. The lowest BCUT2D eigenvalue weighted by Gasteiger charge is -2.27. The van der Waals surface area contributed by atoms with Crippen LogP contribution in [0.5, 0.6) is 0 Å². The second-order valence-corrected chi connectivity index (χ2v) is 8.93. The van der Waals surface area contributed by atoms with Gasteiger partial charge in [0, 0.05) is 50.7 Å². The molecule has 2 aromatic rings. The number of carbonyl (C=O) groups is 2. The van der Waals surface area contributed by atoms with E-state index in [1.165, 1.54) is 0 Å². The van der Waals surface area contributed by atoms with Crippen LogP contribution in [-0.2, 0) is 22.5 Å².